The number of hydrogen-bond acceptors (Lipinski definition) is 3. The van der Waals surface area contributed by atoms with Gasteiger partial charge in [-0.15, -0.1) is 0 Å². The van der Waals surface area contributed by atoms with Gasteiger partial charge in [0.05, 0.1) is 12.2 Å². The van der Waals surface area contributed by atoms with Gasteiger partial charge in [-0.05, 0) is 24.1 Å². The molecule has 0 aliphatic rings. The maximum atomic E-state index is 12.7. The van der Waals surface area contributed by atoms with Crippen LogP contribution in [0.5, 0.6) is 5.75 Å². The van der Waals surface area contributed by atoms with Crippen LogP contribution in [-0.2, 0) is 4.79 Å². The van der Waals surface area contributed by atoms with Gasteiger partial charge in [-0.25, -0.2) is 0 Å². The second-order valence-electron chi connectivity index (χ2n) is 5.63. The van der Waals surface area contributed by atoms with Gasteiger partial charge in [0.15, 0.2) is 0 Å². The monoisotopic (exact) mass is 340 g/mol. The number of benzene rings is 2. The Labute approximate surface area is 148 Å². The molecule has 0 aromatic heterocycles. The first-order valence-electron chi connectivity index (χ1n) is 8.46. The predicted octanol–water partition coefficient (Wildman–Crippen LogP) is 3.08. The summed E-state index contributed by atoms with van der Waals surface area (Å²) in [5.41, 5.74) is 1.14. The highest BCUT2D eigenvalue weighted by atomic mass is 16.5. The summed E-state index contributed by atoms with van der Waals surface area (Å²) in [4.78, 5) is 24.9. The van der Waals surface area contributed by atoms with Crippen molar-refractivity contribution in [3.8, 4) is 5.75 Å². The van der Waals surface area contributed by atoms with E-state index in [1.54, 1.807) is 25.2 Å². The molecule has 0 saturated carbocycles. The van der Waals surface area contributed by atoms with Gasteiger partial charge >= 0.3 is 0 Å². The van der Waals surface area contributed by atoms with Crippen molar-refractivity contribution in [2.75, 3.05) is 13.7 Å². The maximum Gasteiger partial charge on any atom is 0.255 e. The molecule has 0 bridgehead atoms. The molecule has 0 unspecified atom stereocenters. The molecular weight excluding hydrogens is 316 g/mol. The zero-order valence-corrected chi connectivity index (χ0v) is 14.6. The fraction of sp³-hybridized carbons (Fsp3) is 0.300. The lowest BCUT2D eigenvalue weighted by Gasteiger charge is -2.19. The average molecular weight is 340 g/mol. The summed E-state index contributed by atoms with van der Waals surface area (Å²) < 4.78 is 5.71. The number of para-hydroxylation sites is 1. The van der Waals surface area contributed by atoms with Gasteiger partial charge in [-0.1, -0.05) is 55.8 Å². The lowest BCUT2D eigenvalue weighted by atomic mass is 10.1. The molecule has 0 radical (unpaired) electrons. The lowest BCUT2D eigenvalue weighted by Crippen LogP contribution is -2.39. The van der Waals surface area contributed by atoms with Crippen molar-refractivity contribution in [2.45, 2.75) is 25.8 Å². The second-order valence-corrected chi connectivity index (χ2v) is 5.63. The van der Waals surface area contributed by atoms with Gasteiger partial charge in [0.2, 0.25) is 5.91 Å². The molecule has 132 valence electrons. The topological polar surface area (TPSA) is 67.4 Å². The van der Waals surface area contributed by atoms with E-state index in [0.29, 0.717) is 17.9 Å². The quantitative estimate of drug-likeness (QED) is 0.726. The molecule has 0 fully saturated rings. The molecule has 5 nitrogen and oxygen atoms in total. The van der Waals surface area contributed by atoms with Crippen molar-refractivity contribution in [3.63, 3.8) is 0 Å². The summed E-state index contributed by atoms with van der Waals surface area (Å²) in [6.07, 6.45) is 1.93. The Hall–Kier alpha value is -2.82. The van der Waals surface area contributed by atoms with E-state index < -0.39 is 6.04 Å². The number of likely N-dealkylation sites (N-methyl/N-ethyl adjacent to an activating group) is 1. The number of nitrogens with one attached hydrogen (secondary N) is 2. The first-order chi connectivity index (χ1) is 12.2. The van der Waals surface area contributed by atoms with Crippen molar-refractivity contribution in [1.29, 1.82) is 0 Å². The molecule has 0 aliphatic carbocycles. The largest absolute Gasteiger partial charge is 0.493 e. The fourth-order valence-electron chi connectivity index (χ4n) is 2.41. The molecule has 2 N–H and O–H groups in total. The van der Waals surface area contributed by atoms with Crippen molar-refractivity contribution >= 4 is 11.8 Å². The molecule has 0 heterocycles. The molecule has 0 saturated heterocycles. The van der Waals surface area contributed by atoms with E-state index in [4.69, 9.17) is 4.74 Å². The smallest absolute Gasteiger partial charge is 0.255 e. The van der Waals surface area contributed by atoms with Crippen LogP contribution in [0.2, 0.25) is 0 Å². The summed E-state index contributed by atoms with van der Waals surface area (Å²) in [5, 5.41) is 5.39. The Bertz CT molecular complexity index is 701. The van der Waals surface area contributed by atoms with E-state index in [9.17, 15) is 9.59 Å². The maximum absolute atomic E-state index is 12.7. The van der Waals surface area contributed by atoms with Crippen LogP contribution >= 0.6 is 0 Å². The number of carbonyl (C=O) groups excluding carboxylic acids is 2. The molecule has 2 aromatic rings. The number of amides is 2. The van der Waals surface area contributed by atoms with Gasteiger partial charge < -0.3 is 15.4 Å². The van der Waals surface area contributed by atoms with Crippen LogP contribution in [0, 0.1) is 0 Å². The third-order valence-electron chi connectivity index (χ3n) is 3.80. The number of rotatable bonds is 8. The Morgan fingerprint density at radius 2 is 1.72 bits per heavy atom. The zero-order valence-electron chi connectivity index (χ0n) is 14.6. The average Bonchev–Trinajstić information content (AvgIpc) is 2.66. The summed E-state index contributed by atoms with van der Waals surface area (Å²) in [5.74, 6) is -0.0920. The zero-order chi connectivity index (χ0) is 18.1. The van der Waals surface area contributed by atoms with Gasteiger partial charge in [0.1, 0.15) is 11.8 Å². The van der Waals surface area contributed by atoms with Gasteiger partial charge in [0, 0.05) is 7.05 Å². The van der Waals surface area contributed by atoms with E-state index in [1.165, 1.54) is 0 Å². The Morgan fingerprint density at radius 1 is 1.04 bits per heavy atom. The molecule has 2 rings (SSSR count). The standard InChI is InChI=1S/C20H24N2O3/c1-3-4-14-25-17-13-9-8-12-16(17)19(23)22-18(20(24)21-2)15-10-6-5-7-11-15/h5-13,18H,3-4,14H2,1-2H3,(H,21,24)(H,22,23)/t18-/m0/s1. The highest BCUT2D eigenvalue weighted by Crippen LogP contribution is 2.20. The van der Waals surface area contributed by atoms with Crippen molar-refractivity contribution in [1.82, 2.24) is 10.6 Å². The molecule has 2 amide bonds. The first-order valence-corrected chi connectivity index (χ1v) is 8.46. The fourth-order valence-corrected chi connectivity index (χ4v) is 2.41. The van der Waals surface area contributed by atoms with E-state index in [2.05, 4.69) is 17.6 Å². The first kappa shape index (κ1) is 18.5. The summed E-state index contributed by atoms with van der Waals surface area (Å²) in [6.45, 7) is 2.63. The van der Waals surface area contributed by atoms with Crippen LogP contribution in [-0.4, -0.2) is 25.5 Å². The third kappa shape index (κ3) is 5.08. The molecule has 0 spiro atoms. The molecule has 5 heteroatoms. The number of carbonyl (C=O) groups is 2. The molecular formula is C20H24N2O3. The highest BCUT2D eigenvalue weighted by Gasteiger charge is 2.23. The van der Waals surface area contributed by atoms with Crippen LogP contribution in [0.25, 0.3) is 0 Å². The predicted molar refractivity (Wildman–Crippen MR) is 97.6 cm³/mol. The minimum Gasteiger partial charge on any atom is -0.493 e. The van der Waals surface area contributed by atoms with E-state index >= 15 is 0 Å². The highest BCUT2D eigenvalue weighted by molar-refractivity contribution is 5.99. The van der Waals surface area contributed by atoms with Crippen LogP contribution in [0.3, 0.4) is 0 Å². The van der Waals surface area contributed by atoms with Gasteiger partial charge in [-0.2, -0.15) is 0 Å². The number of ether oxygens (including phenoxy) is 1. The lowest BCUT2D eigenvalue weighted by molar-refractivity contribution is -0.122. The molecule has 25 heavy (non-hydrogen) atoms. The van der Waals surface area contributed by atoms with E-state index in [0.717, 1.165) is 18.4 Å². The molecule has 2 aromatic carbocycles. The van der Waals surface area contributed by atoms with Crippen molar-refractivity contribution in [2.24, 2.45) is 0 Å². The minimum atomic E-state index is -0.762. The summed E-state index contributed by atoms with van der Waals surface area (Å²) in [7, 11) is 1.55. The van der Waals surface area contributed by atoms with Crippen molar-refractivity contribution < 1.29 is 14.3 Å². The Balaban J connectivity index is 2.20. The van der Waals surface area contributed by atoms with Gasteiger partial charge in [0.25, 0.3) is 5.91 Å². The normalized spacial score (nSPS) is 11.4. The summed E-state index contributed by atoms with van der Waals surface area (Å²) >= 11 is 0. The van der Waals surface area contributed by atoms with Gasteiger partial charge in [-0.3, -0.25) is 9.59 Å². The van der Waals surface area contributed by atoms with Crippen LogP contribution in [0.4, 0.5) is 0 Å². The van der Waals surface area contributed by atoms with Crippen LogP contribution < -0.4 is 15.4 Å². The SMILES string of the molecule is CCCCOc1ccccc1C(=O)N[C@H](C(=O)NC)c1ccccc1. The van der Waals surface area contributed by atoms with E-state index in [1.807, 2.05) is 36.4 Å². The minimum absolute atomic E-state index is 0.274. The number of hydrogen-bond donors (Lipinski definition) is 2. The Kier molecular flexibility index (Phi) is 7.01. The van der Waals surface area contributed by atoms with E-state index in [-0.39, 0.29) is 11.8 Å². The second kappa shape index (κ2) is 9.47. The van der Waals surface area contributed by atoms with Crippen LogP contribution in [0.1, 0.15) is 41.7 Å². The van der Waals surface area contributed by atoms with Crippen molar-refractivity contribution in [3.05, 3.63) is 65.7 Å². The Morgan fingerprint density at radius 3 is 2.40 bits per heavy atom. The molecule has 1 atom stereocenters. The van der Waals surface area contributed by atoms with Crippen LogP contribution in [0.15, 0.2) is 54.6 Å². The molecule has 0 aliphatic heterocycles. The third-order valence-corrected chi connectivity index (χ3v) is 3.80. The summed E-state index contributed by atoms with van der Waals surface area (Å²) in [6, 6.07) is 15.5. The number of unbranched alkanes of at least 4 members (excludes halogenated alkanes) is 1.